The lowest BCUT2D eigenvalue weighted by Gasteiger charge is -2.00. The minimum absolute atomic E-state index is 0.0296. The molecule has 3 nitrogen and oxygen atoms in total. The Bertz CT molecular complexity index is 483. The predicted octanol–water partition coefficient (Wildman–Crippen LogP) is 1.68. The fourth-order valence-electron chi connectivity index (χ4n) is 2.06. The summed E-state index contributed by atoms with van der Waals surface area (Å²) in [6.45, 7) is 1.67. The fourth-order valence-corrected chi connectivity index (χ4v) is 4.05. The Labute approximate surface area is 104 Å². The highest BCUT2D eigenvalue weighted by atomic mass is 79.9. The summed E-state index contributed by atoms with van der Waals surface area (Å²) in [5.74, 6) is 0.135. The molecule has 3 atom stereocenters. The summed E-state index contributed by atoms with van der Waals surface area (Å²) >= 11 is 3.35. The lowest BCUT2D eigenvalue weighted by Crippen LogP contribution is -2.17. The second kappa shape index (κ2) is 4.13. The van der Waals surface area contributed by atoms with E-state index in [0.29, 0.717) is 0 Å². The molecule has 1 aliphatic rings. The third-order valence-corrected chi connectivity index (χ3v) is 5.85. The number of hydrogen-bond acceptors (Lipinski definition) is 3. The van der Waals surface area contributed by atoms with Crippen molar-refractivity contribution in [3.05, 3.63) is 34.3 Å². The van der Waals surface area contributed by atoms with Crippen LogP contribution in [-0.4, -0.2) is 25.5 Å². The molecule has 0 unspecified atom stereocenters. The van der Waals surface area contributed by atoms with Gasteiger partial charge < -0.3 is 5.73 Å². The molecule has 16 heavy (non-hydrogen) atoms. The zero-order valence-corrected chi connectivity index (χ0v) is 11.3. The first-order chi connectivity index (χ1) is 7.47. The van der Waals surface area contributed by atoms with Gasteiger partial charge in [0.25, 0.3) is 0 Å². The molecule has 0 amide bonds. The molecule has 1 aromatic carbocycles. The van der Waals surface area contributed by atoms with E-state index in [1.807, 2.05) is 24.3 Å². The van der Waals surface area contributed by atoms with Crippen LogP contribution in [0.2, 0.25) is 0 Å². The van der Waals surface area contributed by atoms with Crippen LogP contribution in [0, 0.1) is 0 Å². The normalized spacial score (nSPS) is 29.1. The molecule has 2 rings (SSSR count). The summed E-state index contributed by atoms with van der Waals surface area (Å²) in [5.41, 5.74) is 6.86. The molecular formula is C11H14BrNO2S. The lowest BCUT2D eigenvalue weighted by atomic mass is 10.1. The van der Waals surface area contributed by atoms with Crippen molar-refractivity contribution < 1.29 is 8.42 Å². The van der Waals surface area contributed by atoms with Gasteiger partial charge in [-0.1, -0.05) is 35.0 Å². The topological polar surface area (TPSA) is 60.2 Å². The Morgan fingerprint density at radius 1 is 1.31 bits per heavy atom. The van der Waals surface area contributed by atoms with E-state index < -0.39 is 15.1 Å². The molecular weight excluding hydrogens is 290 g/mol. The molecule has 0 heterocycles. The first-order valence-electron chi connectivity index (χ1n) is 5.20. The second-order valence-corrected chi connectivity index (χ2v) is 7.43. The number of sulfone groups is 1. The van der Waals surface area contributed by atoms with E-state index in [1.165, 1.54) is 0 Å². The van der Waals surface area contributed by atoms with Crippen molar-refractivity contribution >= 4 is 25.8 Å². The van der Waals surface area contributed by atoms with Gasteiger partial charge in [0.1, 0.15) is 0 Å². The maximum absolute atomic E-state index is 11.7. The van der Waals surface area contributed by atoms with Crippen molar-refractivity contribution in [3.8, 4) is 0 Å². The van der Waals surface area contributed by atoms with Gasteiger partial charge in [-0.15, -0.1) is 0 Å². The number of hydrogen-bond donors (Lipinski definition) is 1. The van der Waals surface area contributed by atoms with Crippen molar-refractivity contribution in [3.63, 3.8) is 0 Å². The average molecular weight is 304 g/mol. The molecule has 0 radical (unpaired) electrons. The van der Waals surface area contributed by atoms with Crippen molar-refractivity contribution in [1.82, 2.24) is 0 Å². The minimum Gasteiger partial charge on any atom is -0.326 e. The van der Waals surface area contributed by atoms with E-state index in [4.69, 9.17) is 5.73 Å². The maximum atomic E-state index is 11.7. The number of halogens is 1. The Kier molecular flexibility index (Phi) is 3.11. The predicted molar refractivity (Wildman–Crippen MR) is 68.1 cm³/mol. The summed E-state index contributed by atoms with van der Waals surface area (Å²) in [7, 11) is -3.02. The zero-order valence-electron chi connectivity index (χ0n) is 8.93. The van der Waals surface area contributed by atoms with Gasteiger partial charge in [-0.05, 0) is 17.7 Å². The SMILES string of the molecule is CCS(=O)(=O)[C@@H]1[C@H](N)[C@H]1c1ccc(Br)cc1. The van der Waals surface area contributed by atoms with Crippen LogP contribution >= 0.6 is 15.9 Å². The van der Waals surface area contributed by atoms with E-state index in [2.05, 4.69) is 15.9 Å². The first kappa shape index (κ1) is 12.1. The van der Waals surface area contributed by atoms with Crippen molar-refractivity contribution in [1.29, 1.82) is 0 Å². The number of nitrogens with two attached hydrogens (primary N) is 1. The second-order valence-electron chi connectivity index (χ2n) is 4.07. The molecule has 5 heteroatoms. The van der Waals surface area contributed by atoms with Gasteiger partial charge in [-0.25, -0.2) is 8.42 Å². The molecule has 1 saturated carbocycles. The van der Waals surface area contributed by atoms with Gasteiger partial charge in [0.2, 0.25) is 0 Å². The molecule has 0 aromatic heterocycles. The van der Waals surface area contributed by atoms with Crippen LogP contribution in [0.3, 0.4) is 0 Å². The summed E-state index contributed by atoms with van der Waals surface area (Å²) in [4.78, 5) is 0. The molecule has 1 aromatic rings. The van der Waals surface area contributed by atoms with E-state index in [-0.39, 0.29) is 17.7 Å². The summed E-state index contributed by atoms with van der Waals surface area (Å²) < 4.78 is 24.5. The molecule has 0 saturated heterocycles. The zero-order chi connectivity index (χ0) is 11.9. The van der Waals surface area contributed by atoms with Crippen molar-refractivity contribution in [2.75, 3.05) is 5.75 Å². The van der Waals surface area contributed by atoms with Gasteiger partial charge in [0.05, 0.1) is 5.25 Å². The molecule has 1 aliphatic carbocycles. The molecule has 1 fully saturated rings. The Balaban J connectivity index is 2.24. The van der Waals surface area contributed by atoms with Crippen molar-refractivity contribution in [2.45, 2.75) is 24.1 Å². The molecule has 0 bridgehead atoms. The highest BCUT2D eigenvalue weighted by molar-refractivity contribution is 9.10. The molecule has 0 spiro atoms. The molecule has 0 aliphatic heterocycles. The quantitative estimate of drug-likeness (QED) is 0.924. The minimum atomic E-state index is -3.02. The van der Waals surface area contributed by atoms with Crippen LogP contribution in [0.4, 0.5) is 0 Å². The Hall–Kier alpha value is -0.390. The lowest BCUT2D eigenvalue weighted by molar-refractivity contribution is 0.594. The standard InChI is InChI=1S/C11H14BrNO2S/c1-2-16(14,15)11-9(10(11)13)7-3-5-8(12)6-4-7/h3-6,9-11H,2,13H2,1H3/t9-,10-,11+/m1/s1. The highest BCUT2D eigenvalue weighted by Crippen LogP contribution is 2.45. The number of benzene rings is 1. The van der Waals surface area contributed by atoms with E-state index in [9.17, 15) is 8.42 Å². The van der Waals surface area contributed by atoms with Crippen LogP contribution < -0.4 is 5.73 Å². The largest absolute Gasteiger partial charge is 0.326 e. The first-order valence-corrected chi connectivity index (χ1v) is 7.71. The maximum Gasteiger partial charge on any atom is 0.155 e. The molecule has 2 N–H and O–H groups in total. The fraction of sp³-hybridized carbons (Fsp3) is 0.455. The van der Waals surface area contributed by atoms with Crippen LogP contribution in [-0.2, 0) is 9.84 Å². The summed E-state index contributed by atoms with van der Waals surface area (Å²) in [6.07, 6.45) is 0. The highest BCUT2D eigenvalue weighted by Gasteiger charge is 2.55. The van der Waals surface area contributed by atoms with Crippen LogP contribution in [0.15, 0.2) is 28.7 Å². The third kappa shape index (κ3) is 2.04. The number of rotatable bonds is 3. The van der Waals surface area contributed by atoms with Crippen LogP contribution in [0.25, 0.3) is 0 Å². The van der Waals surface area contributed by atoms with Gasteiger partial charge in [-0.2, -0.15) is 0 Å². The monoisotopic (exact) mass is 303 g/mol. The van der Waals surface area contributed by atoms with Crippen molar-refractivity contribution in [2.24, 2.45) is 5.73 Å². The van der Waals surface area contributed by atoms with Gasteiger partial charge in [0, 0.05) is 22.2 Å². The van der Waals surface area contributed by atoms with Crippen LogP contribution in [0.1, 0.15) is 18.4 Å². The van der Waals surface area contributed by atoms with Crippen LogP contribution in [0.5, 0.6) is 0 Å². The van der Waals surface area contributed by atoms with Gasteiger partial charge in [-0.3, -0.25) is 0 Å². The van der Waals surface area contributed by atoms with Gasteiger partial charge in [0.15, 0.2) is 9.84 Å². The van der Waals surface area contributed by atoms with E-state index >= 15 is 0 Å². The summed E-state index contributed by atoms with van der Waals surface area (Å²) in [6, 6.07) is 7.44. The average Bonchev–Trinajstić information content (AvgIpc) is 2.92. The third-order valence-electron chi connectivity index (χ3n) is 3.08. The Morgan fingerprint density at radius 3 is 2.38 bits per heavy atom. The summed E-state index contributed by atoms with van der Waals surface area (Å²) in [5, 5.41) is -0.390. The smallest absolute Gasteiger partial charge is 0.155 e. The molecule has 88 valence electrons. The van der Waals surface area contributed by atoms with E-state index in [0.717, 1.165) is 10.0 Å². The van der Waals surface area contributed by atoms with Gasteiger partial charge >= 0.3 is 0 Å². The van der Waals surface area contributed by atoms with E-state index in [1.54, 1.807) is 6.92 Å². The Morgan fingerprint density at radius 2 is 1.88 bits per heavy atom.